The summed E-state index contributed by atoms with van der Waals surface area (Å²) in [6.07, 6.45) is 1.06. The van der Waals surface area contributed by atoms with Crippen molar-refractivity contribution in [1.82, 2.24) is 4.90 Å². The molecule has 19 heavy (non-hydrogen) atoms. The number of hydrogen-bond donors (Lipinski definition) is 2. The SMILES string of the molecule is CC(C)CC(CO)N(CCO)CCCS(=O)(=O)B=O. The molecule has 0 bridgehead atoms. The Hall–Kier alpha value is -0.305. The summed E-state index contributed by atoms with van der Waals surface area (Å²) in [6.45, 7) is 4.82. The van der Waals surface area contributed by atoms with Crippen LogP contribution in [0.15, 0.2) is 0 Å². The van der Waals surface area contributed by atoms with E-state index in [0.717, 1.165) is 6.42 Å². The van der Waals surface area contributed by atoms with Gasteiger partial charge in [0.15, 0.2) is 0 Å². The van der Waals surface area contributed by atoms with Gasteiger partial charge < -0.3 is 0 Å². The Morgan fingerprint density at radius 1 is 1.21 bits per heavy atom. The van der Waals surface area contributed by atoms with E-state index in [-0.39, 0.29) is 31.4 Å². The molecular weight excluding hydrogens is 269 g/mol. The molecule has 0 saturated carbocycles. The number of hydrogen-bond acceptors (Lipinski definition) is 6. The normalized spacial score (nSPS) is 13.8. The summed E-state index contributed by atoms with van der Waals surface area (Å²) in [4.78, 5) is 1.88. The summed E-state index contributed by atoms with van der Waals surface area (Å²) in [5, 5.41) is 18.4. The van der Waals surface area contributed by atoms with Crippen molar-refractivity contribution in [3.63, 3.8) is 0 Å². The third-order valence-corrected chi connectivity index (χ3v) is 4.03. The average Bonchev–Trinajstić information content (AvgIpc) is 2.34. The van der Waals surface area contributed by atoms with Crippen LogP contribution in [0.4, 0.5) is 0 Å². The molecule has 0 saturated heterocycles. The van der Waals surface area contributed by atoms with Crippen LogP contribution in [0, 0.1) is 5.92 Å². The Labute approximate surface area is 115 Å². The molecular formula is C11H24BNO5S. The van der Waals surface area contributed by atoms with Gasteiger partial charge in [-0.1, -0.05) is 0 Å². The molecule has 0 aliphatic carbocycles. The van der Waals surface area contributed by atoms with Gasteiger partial charge in [-0.2, -0.15) is 0 Å². The van der Waals surface area contributed by atoms with Gasteiger partial charge in [0.25, 0.3) is 0 Å². The van der Waals surface area contributed by atoms with E-state index in [4.69, 9.17) is 5.11 Å². The first-order chi connectivity index (χ1) is 8.86. The summed E-state index contributed by atoms with van der Waals surface area (Å²) in [5.74, 6) is 0.204. The van der Waals surface area contributed by atoms with E-state index in [9.17, 15) is 18.2 Å². The number of aliphatic hydroxyl groups is 2. The monoisotopic (exact) mass is 293 g/mol. The molecule has 0 radical (unpaired) electrons. The Morgan fingerprint density at radius 2 is 1.84 bits per heavy atom. The van der Waals surface area contributed by atoms with Gasteiger partial charge in [0.05, 0.1) is 0 Å². The molecule has 2 N–H and O–H groups in total. The van der Waals surface area contributed by atoms with Gasteiger partial charge in [-0.05, 0) is 0 Å². The van der Waals surface area contributed by atoms with Crippen LogP contribution >= 0.6 is 0 Å². The van der Waals surface area contributed by atoms with Gasteiger partial charge in [-0.3, -0.25) is 0 Å². The molecule has 112 valence electrons. The van der Waals surface area contributed by atoms with Gasteiger partial charge in [0.1, 0.15) is 0 Å². The molecule has 6 nitrogen and oxygen atoms in total. The van der Waals surface area contributed by atoms with Crippen molar-refractivity contribution in [3.8, 4) is 0 Å². The second-order valence-electron chi connectivity index (χ2n) is 5.04. The quantitative estimate of drug-likeness (QED) is 0.497. The molecule has 0 aromatic rings. The molecule has 0 rings (SSSR count). The van der Waals surface area contributed by atoms with Gasteiger partial charge in [0, 0.05) is 0 Å². The Bertz CT molecular complexity index is 347. The molecule has 0 heterocycles. The Morgan fingerprint density at radius 3 is 2.26 bits per heavy atom. The first-order valence-electron chi connectivity index (χ1n) is 6.50. The fourth-order valence-corrected chi connectivity index (χ4v) is 2.63. The summed E-state index contributed by atoms with van der Waals surface area (Å²) in [6, 6.07) is -0.0916. The minimum atomic E-state index is -3.62. The van der Waals surface area contributed by atoms with Crippen molar-refractivity contribution in [2.75, 3.05) is 32.1 Å². The van der Waals surface area contributed by atoms with Gasteiger partial charge >= 0.3 is 115 Å². The van der Waals surface area contributed by atoms with E-state index in [2.05, 4.69) is 0 Å². The van der Waals surface area contributed by atoms with Gasteiger partial charge in [-0.15, -0.1) is 0 Å². The van der Waals surface area contributed by atoms with E-state index in [1.54, 1.807) is 0 Å². The molecule has 0 amide bonds. The summed E-state index contributed by atoms with van der Waals surface area (Å²) in [7, 11) is -3.62. The molecule has 0 aliphatic heterocycles. The van der Waals surface area contributed by atoms with E-state index >= 15 is 0 Å². The summed E-state index contributed by atoms with van der Waals surface area (Å²) in [5.41, 5.74) is 0. The van der Waals surface area contributed by atoms with Crippen molar-refractivity contribution in [3.05, 3.63) is 0 Å². The maximum atomic E-state index is 11.1. The van der Waals surface area contributed by atoms with Crippen LogP contribution in [-0.4, -0.2) is 68.1 Å². The van der Waals surface area contributed by atoms with Crippen molar-refractivity contribution in [2.24, 2.45) is 5.92 Å². The van der Waals surface area contributed by atoms with E-state index in [1.165, 1.54) is 0 Å². The van der Waals surface area contributed by atoms with Gasteiger partial charge in [0.2, 0.25) is 0 Å². The van der Waals surface area contributed by atoms with Crippen molar-refractivity contribution < 1.29 is 23.3 Å². The molecule has 1 unspecified atom stereocenters. The van der Waals surface area contributed by atoms with Crippen LogP contribution in [0.3, 0.4) is 0 Å². The molecule has 0 aromatic carbocycles. The third kappa shape index (κ3) is 8.46. The van der Waals surface area contributed by atoms with E-state index in [0.29, 0.717) is 25.4 Å². The zero-order valence-corrected chi connectivity index (χ0v) is 12.5. The summed E-state index contributed by atoms with van der Waals surface area (Å²) >= 11 is 0. The standard InChI is InChI=1S/C11H24BNO5S/c1-10(2)8-11(9-15)13(5-6-14)4-3-7-19(17,18)12-16/h10-11,14-15H,3-9H2,1-2H3. The average molecular weight is 293 g/mol. The van der Waals surface area contributed by atoms with Crippen LogP contribution in [0.1, 0.15) is 26.7 Å². The summed E-state index contributed by atoms with van der Waals surface area (Å²) < 4.78 is 32.4. The fraction of sp³-hybridized carbons (Fsp3) is 1.00. The first kappa shape index (κ1) is 18.7. The Balaban J connectivity index is 4.42. The predicted octanol–water partition coefficient (Wildman–Crippen LogP) is -0.543. The fourth-order valence-electron chi connectivity index (χ4n) is 2.01. The van der Waals surface area contributed by atoms with Crippen LogP contribution in [-0.2, 0) is 14.4 Å². The van der Waals surface area contributed by atoms with Crippen molar-refractivity contribution in [2.45, 2.75) is 32.7 Å². The topological polar surface area (TPSA) is 94.9 Å². The number of nitrogens with zero attached hydrogens (tertiary/aromatic N) is 1. The zero-order chi connectivity index (χ0) is 14.9. The molecule has 1 atom stereocenters. The zero-order valence-electron chi connectivity index (χ0n) is 11.7. The number of aliphatic hydroxyl groups excluding tert-OH is 2. The predicted molar refractivity (Wildman–Crippen MR) is 73.8 cm³/mol. The van der Waals surface area contributed by atoms with Crippen molar-refractivity contribution in [1.29, 1.82) is 0 Å². The van der Waals surface area contributed by atoms with E-state index < -0.39 is 9.69 Å². The minimum absolute atomic E-state index is 0.0268. The second-order valence-corrected chi connectivity index (χ2v) is 6.97. The molecule has 0 aliphatic rings. The molecule has 8 heteroatoms. The van der Waals surface area contributed by atoms with Crippen LogP contribution in [0.5, 0.6) is 0 Å². The molecule has 0 spiro atoms. The van der Waals surface area contributed by atoms with Gasteiger partial charge in [-0.25, -0.2) is 0 Å². The van der Waals surface area contributed by atoms with E-state index in [1.807, 2.05) is 18.7 Å². The maximum absolute atomic E-state index is 11.1. The molecule has 0 aromatic heterocycles. The third-order valence-electron chi connectivity index (χ3n) is 2.88. The molecule has 0 fully saturated rings. The first-order valence-corrected chi connectivity index (χ1v) is 8.21. The second kappa shape index (κ2) is 9.58. The number of rotatable bonds is 11. The van der Waals surface area contributed by atoms with Crippen LogP contribution < -0.4 is 0 Å². The van der Waals surface area contributed by atoms with Crippen LogP contribution in [0.25, 0.3) is 0 Å². The van der Waals surface area contributed by atoms with Crippen LogP contribution in [0.2, 0.25) is 0 Å². The Kier molecular flexibility index (Phi) is 9.42. The van der Waals surface area contributed by atoms with Crippen molar-refractivity contribution >= 4 is 16.1 Å².